The number of nitriles is 1. The molecule has 1 fully saturated rings. The van der Waals surface area contributed by atoms with Crippen molar-refractivity contribution in [3.63, 3.8) is 0 Å². The Morgan fingerprint density at radius 1 is 1.04 bits per heavy atom. The average molecular weight is 729 g/mol. The quantitative estimate of drug-likeness (QED) is 0.143. The van der Waals surface area contributed by atoms with Crippen molar-refractivity contribution in [2.45, 2.75) is 90.8 Å². The molecule has 1 saturated heterocycles. The Kier molecular flexibility index (Phi) is 11.8. The first-order valence-corrected chi connectivity index (χ1v) is 17.9. The number of anilines is 1. The zero-order chi connectivity index (χ0) is 37.9. The number of nitrogens with two attached hydrogens (primary N) is 1. The van der Waals surface area contributed by atoms with E-state index in [1.807, 2.05) is 20.8 Å². The van der Waals surface area contributed by atoms with Crippen molar-refractivity contribution in [1.29, 1.82) is 5.26 Å². The van der Waals surface area contributed by atoms with Crippen molar-refractivity contribution < 1.29 is 46.9 Å². The molecule has 4 rings (SSSR count). The number of carbonyl (C=O) groups is 3. The number of nitrogens with zero attached hydrogens (tertiary/aromatic N) is 4. The Bertz CT molecular complexity index is 1830. The lowest BCUT2D eigenvalue weighted by molar-refractivity contribution is -0.173. The van der Waals surface area contributed by atoms with Gasteiger partial charge in [0.05, 0.1) is 31.2 Å². The number of fused-ring (bicyclic) bond motifs is 1. The van der Waals surface area contributed by atoms with Gasteiger partial charge in [0.25, 0.3) is 0 Å². The van der Waals surface area contributed by atoms with Crippen molar-refractivity contribution in [2.24, 2.45) is 11.8 Å². The first-order valence-electron chi connectivity index (χ1n) is 16.3. The number of esters is 3. The number of ether oxygens (including phenoxy) is 4. The molecule has 0 spiro atoms. The minimum atomic E-state index is -4.48. The fraction of sp³-hybridized carbons (Fsp3) is 0.529. The molecule has 3 aromatic rings. The maximum atomic E-state index is 14.4. The highest BCUT2D eigenvalue weighted by atomic mass is 31.2. The third kappa shape index (κ3) is 8.50. The smallest absolute Gasteiger partial charge is 0.459 e. The number of nitrogens with one attached hydrogen (secondary N) is 1. The van der Waals surface area contributed by atoms with Gasteiger partial charge >= 0.3 is 25.7 Å². The molecule has 1 unspecified atom stereocenters. The number of carbonyl (C=O) groups excluding carboxylic acids is 3. The van der Waals surface area contributed by atoms with Crippen molar-refractivity contribution in [1.82, 2.24) is 19.7 Å². The summed E-state index contributed by atoms with van der Waals surface area (Å²) in [6.45, 7) is 13.2. The van der Waals surface area contributed by atoms with Gasteiger partial charge in [-0.25, -0.2) is 14.1 Å². The molecule has 3 N–H and O–H groups in total. The molecule has 1 aliphatic rings. The standard InChI is InChI=1S/C34H45N6O10P/c1-19(2)30(41)47-27-25(16-46-51(44,39-21(5)32(43)45-9)50-23-12-10-22(11-13-23)33(6,7)8)49-34(17-35,28(27)48-31(42)20(3)4)26-15-14-24-29(36)37-18-38-40(24)26/h10-15,18-21,25,27-28H,16H2,1-9H3,(H,39,44)(H2,36,37,38)/t21-,25+,27+,28+,34-,51?/m0/s1. The Morgan fingerprint density at radius 2 is 1.67 bits per heavy atom. The van der Waals surface area contributed by atoms with Crippen LogP contribution < -0.4 is 15.3 Å². The lowest BCUT2D eigenvalue weighted by Crippen LogP contribution is -2.47. The van der Waals surface area contributed by atoms with Gasteiger partial charge in [-0.05, 0) is 42.2 Å². The zero-order valence-electron chi connectivity index (χ0n) is 30.1. The Morgan fingerprint density at radius 3 is 2.24 bits per heavy atom. The number of nitrogen functional groups attached to an aromatic ring is 1. The van der Waals surface area contributed by atoms with Crippen LogP contribution in [0.3, 0.4) is 0 Å². The van der Waals surface area contributed by atoms with Crippen molar-refractivity contribution in [2.75, 3.05) is 19.5 Å². The van der Waals surface area contributed by atoms with Crippen LogP contribution in [-0.2, 0) is 53.4 Å². The Labute approximate surface area is 296 Å². The highest BCUT2D eigenvalue weighted by Crippen LogP contribution is 2.49. The van der Waals surface area contributed by atoms with Gasteiger partial charge in [0.2, 0.25) is 5.60 Å². The van der Waals surface area contributed by atoms with E-state index in [-0.39, 0.29) is 22.7 Å². The predicted molar refractivity (Wildman–Crippen MR) is 183 cm³/mol. The van der Waals surface area contributed by atoms with E-state index in [9.17, 15) is 24.2 Å². The third-order valence-electron chi connectivity index (χ3n) is 8.13. The number of aromatic nitrogens is 3. The van der Waals surface area contributed by atoms with E-state index in [1.165, 1.54) is 30.9 Å². The second kappa shape index (κ2) is 15.4. The van der Waals surface area contributed by atoms with Crippen LogP contribution >= 0.6 is 7.75 Å². The third-order valence-corrected chi connectivity index (χ3v) is 9.77. The molecular weight excluding hydrogens is 683 g/mol. The molecule has 16 nitrogen and oxygen atoms in total. The second-order valence-electron chi connectivity index (χ2n) is 13.8. The molecule has 0 amide bonds. The highest BCUT2D eigenvalue weighted by Gasteiger charge is 2.63. The molecule has 6 atom stereocenters. The molecule has 3 heterocycles. The molecule has 0 aliphatic carbocycles. The molecule has 51 heavy (non-hydrogen) atoms. The summed E-state index contributed by atoms with van der Waals surface area (Å²) in [5.74, 6) is -3.21. The van der Waals surface area contributed by atoms with E-state index in [0.717, 1.165) is 5.56 Å². The van der Waals surface area contributed by atoms with Crippen LogP contribution in [0.5, 0.6) is 5.75 Å². The summed E-state index contributed by atoms with van der Waals surface area (Å²) in [6.07, 6.45) is -3.26. The van der Waals surface area contributed by atoms with Gasteiger partial charge in [-0.1, -0.05) is 60.6 Å². The number of hydrogen-bond donors (Lipinski definition) is 2. The number of rotatable bonds is 13. The maximum Gasteiger partial charge on any atom is 0.459 e. The van der Waals surface area contributed by atoms with Crippen LogP contribution in [0.15, 0.2) is 42.7 Å². The van der Waals surface area contributed by atoms with Crippen LogP contribution in [-0.4, -0.2) is 70.6 Å². The van der Waals surface area contributed by atoms with E-state index in [0.29, 0.717) is 5.52 Å². The van der Waals surface area contributed by atoms with Crippen LogP contribution in [0.1, 0.15) is 66.6 Å². The van der Waals surface area contributed by atoms with Gasteiger partial charge < -0.3 is 29.2 Å². The highest BCUT2D eigenvalue weighted by molar-refractivity contribution is 7.52. The van der Waals surface area contributed by atoms with Gasteiger partial charge in [0, 0.05) is 0 Å². The van der Waals surface area contributed by atoms with Crippen molar-refractivity contribution in [3.05, 3.63) is 54.0 Å². The molecule has 0 saturated carbocycles. The minimum Gasteiger partial charge on any atom is -0.468 e. The maximum absolute atomic E-state index is 14.4. The van der Waals surface area contributed by atoms with Gasteiger partial charge in [-0.2, -0.15) is 15.4 Å². The molecular formula is C34H45N6O10P. The van der Waals surface area contributed by atoms with Gasteiger partial charge in [0.1, 0.15) is 35.8 Å². The van der Waals surface area contributed by atoms with Gasteiger partial charge in [-0.3, -0.25) is 18.9 Å². The SMILES string of the molecule is COC(=O)[C@H](C)NP(=O)(OC[C@H]1O[C@@](C#N)(c2ccc3c(N)ncnn23)[C@H](OC(=O)C(C)C)[C@@H]1OC(=O)C(C)C)Oc1ccc(C(C)(C)C)cc1. The normalized spacial score (nSPS) is 22.3. The van der Waals surface area contributed by atoms with Crippen molar-refractivity contribution in [3.8, 4) is 11.8 Å². The summed E-state index contributed by atoms with van der Waals surface area (Å²) in [6, 6.07) is 10.8. The number of methoxy groups -OCH3 is 1. The lowest BCUT2D eigenvalue weighted by Gasteiger charge is -2.29. The number of hydrogen-bond acceptors (Lipinski definition) is 14. The fourth-order valence-corrected chi connectivity index (χ4v) is 6.72. The van der Waals surface area contributed by atoms with Crippen LogP contribution in [0.25, 0.3) is 5.52 Å². The molecule has 2 aromatic heterocycles. The predicted octanol–water partition coefficient (Wildman–Crippen LogP) is 4.22. The van der Waals surface area contributed by atoms with E-state index < -0.39 is 74.1 Å². The Balaban J connectivity index is 1.80. The van der Waals surface area contributed by atoms with Gasteiger partial charge in [-0.15, -0.1) is 0 Å². The summed E-state index contributed by atoms with van der Waals surface area (Å²) >= 11 is 0. The summed E-state index contributed by atoms with van der Waals surface area (Å²) in [5.41, 5.74) is 5.12. The first-order chi connectivity index (χ1) is 23.9. The van der Waals surface area contributed by atoms with Crippen LogP contribution in [0, 0.1) is 23.2 Å². The molecule has 0 radical (unpaired) electrons. The molecule has 276 valence electrons. The van der Waals surface area contributed by atoms with Crippen molar-refractivity contribution >= 4 is 37.0 Å². The topological polar surface area (TPSA) is 216 Å². The zero-order valence-corrected chi connectivity index (χ0v) is 31.0. The molecule has 0 bridgehead atoms. The Hall–Kier alpha value is -4.55. The molecule has 1 aliphatic heterocycles. The monoisotopic (exact) mass is 728 g/mol. The summed E-state index contributed by atoms with van der Waals surface area (Å²) in [7, 11) is -3.31. The average Bonchev–Trinajstić information content (AvgIpc) is 3.63. The molecule has 1 aromatic carbocycles. The summed E-state index contributed by atoms with van der Waals surface area (Å²) in [5, 5.41) is 17.7. The summed E-state index contributed by atoms with van der Waals surface area (Å²) in [4.78, 5) is 42.6. The van der Waals surface area contributed by atoms with E-state index in [2.05, 4.69) is 21.2 Å². The van der Waals surface area contributed by atoms with Crippen LogP contribution in [0.4, 0.5) is 5.82 Å². The molecule has 17 heteroatoms. The fourth-order valence-electron chi connectivity index (χ4n) is 5.22. The first kappa shape index (κ1) is 39.2. The van der Waals surface area contributed by atoms with E-state index in [4.69, 9.17) is 33.7 Å². The minimum absolute atomic E-state index is 0.0829. The van der Waals surface area contributed by atoms with Crippen LogP contribution in [0.2, 0.25) is 0 Å². The number of benzene rings is 1. The second-order valence-corrected chi connectivity index (χ2v) is 15.5. The largest absolute Gasteiger partial charge is 0.468 e. The van der Waals surface area contributed by atoms with E-state index in [1.54, 1.807) is 58.0 Å². The van der Waals surface area contributed by atoms with E-state index >= 15 is 0 Å². The van der Waals surface area contributed by atoms with Gasteiger partial charge in [0.15, 0.2) is 18.0 Å². The summed E-state index contributed by atoms with van der Waals surface area (Å²) < 4.78 is 50.4. The lowest BCUT2D eigenvalue weighted by atomic mass is 9.87.